The van der Waals surface area contributed by atoms with Crippen molar-refractivity contribution in [2.45, 2.75) is 50.0 Å². The van der Waals surface area contributed by atoms with Gasteiger partial charge in [-0.3, -0.25) is 14.7 Å². The van der Waals surface area contributed by atoms with Gasteiger partial charge in [-0.15, -0.1) is 11.3 Å². The molecule has 1 unspecified atom stereocenters. The number of piperazine rings is 1. The number of nitrogens with one attached hydrogen (secondary N) is 1. The lowest BCUT2D eigenvalue weighted by Crippen LogP contribution is -2.54. The summed E-state index contributed by atoms with van der Waals surface area (Å²) in [6, 6.07) is 18.0. The number of hydrogen-bond acceptors (Lipinski definition) is 7. The van der Waals surface area contributed by atoms with Gasteiger partial charge in [0.15, 0.2) is 9.84 Å². The Kier molecular flexibility index (Phi) is 10.1. The van der Waals surface area contributed by atoms with E-state index in [1.54, 1.807) is 29.5 Å². The molecule has 1 saturated heterocycles. The van der Waals surface area contributed by atoms with E-state index in [-0.39, 0.29) is 10.8 Å². The summed E-state index contributed by atoms with van der Waals surface area (Å²) >= 11 is 8.17. The number of sulfone groups is 1. The lowest BCUT2D eigenvalue weighted by atomic mass is 10.1. The molecule has 7 nitrogen and oxygen atoms in total. The number of hydrogen-bond donors (Lipinski definition) is 1. The van der Waals surface area contributed by atoms with E-state index >= 15 is 0 Å². The van der Waals surface area contributed by atoms with Gasteiger partial charge in [0.25, 0.3) is 0 Å². The number of nitrogens with zero attached hydrogens (tertiary/aromatic N) is 3. The molecule has 3 heterocycles. The first-order valence-electron chi connectivity index (χ1n) is 14.7. The minimum absolute atomic E-state index is 0.0577. The summed E-state index contributed by atoms with van der Waals surface area (Å²) in [5.41, 5.74) is 5.87. The van der Waals surface area contributed by atoms with Crippen molar-refractivity contribution >= 4 is 50.1 Å². The Labute approximate surface area is 258 Å². The maximum atomic E-state index is 13.7. The van der Waals surface area contributed by atoms with E-state index < -0.39 is 15.9 Å². The van der Waals surface area contributed by atoms with Crippen LogP contribution in [0.1, 0.15) is 43.9 Å². The molecule has 0 spiro atoms. The Morgan fingerprint density at radius 3 is 2.43 bits per heavy atom. The van der Waals surface area contributed by atoms with E-state index in [4.69, 9.17) is 11.6 Å². The van der Waals surface area contributed by atoms with Crippen molar-refractivity contribution in [3.63, 3.8) is 0 Å². The van der Waals surface area contributed by atoms with Gasteiger partial charge in [0.05, 0.1) is 26.2 Å². The number of hydrazine groups is 1. The second-order valence-electron chi connectivity index (χ2n) is 11.0. The topological polar surface area (TPSA) is 73.0 Å². The fourth-order valence-electron chi connectivity index (χ4n) is 5.47. The normalized spacial score (nSPS) is 18.0. The zero-order valence-electron chi connectivity index (χ0n) is 24.3. The number of anilines is 1. The quantitative estimate of drug-likeness (QED) is 0.251. The summed E-state index contributed by atoms with van der Waals surface area (Å²) in [7, 11) is -3.32. The van der Waals surface area contributed by atoms with Crippen molar-refractivity contribution in [2.24, 2.45) is 0 Å². The van der Waals surface area contributed by atoms with Crippen LogP contribution in [0.15, 0.2) is 71.6 Å². The fourth-order valence-corrected chi connectivity index (χ4v) is 7.37. The Hall–Kier alpha value is -2.69. The molecule has 3 aromatic rings. The van der Waals surface area contributed by atoms with E-state index in [9.17, 15) is 13.2 Å². The molecule has 0 saturated carbocycles. The van der Waals surface area contributed by atoms with E-state index in [1.165, 1.54) is 38.4 Å². The summed E-state index contributed by atoms with van der Waals surface area (Å²) in [6.07, 6.45) is 9.56. The molecular weight excluding hydrogens is 588 g/mol. The molecule has 1 N–H and O–H groups in total. The van der Waals surface area contributed by atoms with Crippen LogP contribution in [0.4, 0.5) is 5.69 Å². The molecule has 42 heavy (non-hydrogen) atoms. The monoisotopic (exact) mass is 626 g/mol. The van der Waals surface area contributed by atoms with Crippen molar-refractivity contribution in [3.05, 3.63) is 76.6 Å². The molecule has 1 atom stereocenters. The van der Waals surface area contributed by atoms with E-state index in [0.29, 0.717) is 5.02 Å². The Morgan fingerprint density at radius 2 is 1.69 bits per heavy atom. The molecule has 1 fully saturated rings. The fraction of sp³-hybridized carbons (Fsp3) is 0.406. The molecule has 10 heteroatoms. The summed E-state index contributed by atoms with van der Waals surface area (Å²) in [6.45, 7) is 6.59. The third kappa shape index (κ3) is 7.26. The molecule has 0 bridgehead atoms. The van der Waals surface area contributed by atoms with Crippen LogP contribution in [0.5, 0.6) is 0 Å². The van der Waals surface area contributed by atoms with Gasteiger partial charge in [-0.1, -0.05) is 68.5 Å². The third-order valence-electron chi connectivity index (χ3n) is 7.86. The van der Waals surface area contributed by atoms with Crippen molar-refractivity contribution in [2.75, 3.05) is 44.0 Å². The molecule has 224 valence electrons. The Balaban J connectivity index is 1.33. The van der Waals surface area contributed by atoms with Crippen molar-refractivity contribution < 1.29 is 13.2 Å². The Morgan fingerprint density at radius 1 is 0.952 bits per heavy atom. The maximum absolute atomic E-state index is 13.7. The van der Waals surface area contributed by atoms with Crippen LogP contribution in [-0.4, -0.2) is 69.1 Å². The van der Waals surface area contributed by atoms with Crippen molar-refractivity contribution in [1.29, 1.82) is 0 Å². The lowest BCUT2D eigenvalue weighted by Gasteiger charge is -2.36. The zero-order chi connectivity index (χ0) is 29.7. The summed E-state index contributed by atoms with van der Waals surface area (Å²) in [4.78, 5) is 20.3. The molecule has 1 amide bonds. The summed E-state index contributed by atoms with van der Waals surface area (Å²) < 4.78 is 24.2. The van der Waals surface area contributed by atoms with Gasteiger partial charge in [-0.2, -0.15) is 0 Å². The predicted octanol–water partition coefficient (Wildman–Crippen LogP) is 6.32. The van der Waals surface area contributed by atoms with Gasteiger partial charge >= 0.3 is 0 Å². The SMILES string of the molecule is CCCCCCCN1CCN(C(=O)C2C=C(c3ccc(-c4cccc(S(C)(=O)=O)c4)s3)N(c3ccccc3Cl)N2)CC1. The Bertz CT molecular complexity index is 1530. The van der Waals surface area contributed by atoms with Crippen LogP contribution in [0.2, 0.25) is 5.02 Å². The molecule has 1 aromatic heterocycles. The average Bonchev–Trinajstić information content (AvgIpc) is 3.65. The number of unbranched alkanes of at least 4 members (excludes halogenated alkanes) is 4. The molecule has 5 rings (SSSR count). The van der Waals surface area contributed by atoms with E-state index in [1.807, 2.05) is 58.4 Å². The first-order valence-corrected chi connectivity index (χ1v) is 17.8. The highest BCUT2D eigenvalue weighted by molar-refractivity contribution is 7.90. The number of benzene rings is 2. The van der Waals surface area contributed by atoms with Crippen LogP contribution >= 0.6 is 22.9 Å². The van der Waals surface area contributed by atoms with Crippen molar-refractivity contribution in [1.82, 2.24) is 15.2 Å². The van der Waals surface area contributed by atoms with Gasteiger partial charge in [0, 0.05) is 37.3 Å². The zero-order valence-corrected chi connectivity index (χ0v) is 26.6. The molecule has 0 aliphatic carbocycles. The van der Waals surface area contributed by atoms with Crippen LogP contribution < -0.4 is 10.4 Å². The molecule has 2 aliphatic rings. The maximum Gasteiger partial charge on any atom is 0.245 e. The second-order valence-corrected chi connectivity index (χ2v) is 14.5. The van der Waals surface area contributed by atoms with Crippen LogP contribution in [0, 0.1) is 0 Å². The number of carbonyl (C=O) groups is 1. The van der Waals surface area contributed by atoms with Crippen LogP contribution in [-0.2, 0) is 14.6 Å². The first kappa shape index (κ1) is 30.8. The average molecular weight is 627 g/mol. The highest BCUT2D eigenvalue weighted by Gasteiger charge is 2.34. The van der Waals surface area contributed by atoms with Crippen molar-refractivity contribution in [3.8, 4) is 10.4 Å². The minimum Gasteiger partial charge on any atom is -0.338 e. The molecule has 2 aromatic carbocycles. The minimum atomic E-state index is -3.32. The summed E-state index contributed by atoms with van der Waals surface area (Å²) in [5, 5.41) is 2.48. The van der Waals surface area contributed by atoms with Crippen LogP contribution in [0.3, 0.4) is 0 Å². The van der Waals surface area contributed by atoms with Gasteiger partial charge in [0.1, 0.15) is 6.04 Å². The van der Waals surface area contributed by atoms with Gasteiger partial charge in [-0.25, -0.2) is 13.8 Å². The summed E-state index contributed by atoms with van der Waals surface area (Å²) in [5.74, 6) is 0.0577. The highest BCUT2D eigenvalue weighted by Crippen LogP contribution is 2.39. The lowest BCUT2D eigenvalue weighted by molar-refractivity contribution is -0.133. The number of carbonyl (C=O) groups excluding carboxylic acids is 1. The smallest absolute Gasteiger partial charge is 0.245 e. The third-order valence-corrected chi connectivity index (χ3v) is 10.4. The standard InChI is InChI=1S/C32H39ClN4O3S2/c1-3-4-5-6-9-17-35-18-20-36(21-19-35)32(38)27-23-29(37(34-27)28-14-8-7-13-26(28)33)31-16-15-30(41-31)24-11-10-12-25(22-24)42(2,39)40/h7-8,10-16,22-23,27,34H,3-6,9,17-21H2,1-2H3. The number of amides is 1. The molecule has 2 aliphatic heterocycles. The number of rotatable bonds is 11. The van der Waals surface area contributed by atoms with Gasteiger partial charge < -0.3 is 4.90 Å². The van der Waals surface area contributed by atoms with E-state index in [2.05, 4.69) is 17.2 Å². The molecular formula is C32H39ClN4O3S2. The highest BCUT2D eigenvalue weighted by atomic mass is 35.5. The molecule has 0 radical (unpaired) electrons. The largest absolute Gasteiger partial charge is 0.338 e. The number of para-hydroxylation sites is 1. The van der Waals surface area contributed by atoms with E-state index in [0.717, 1.165) is 59.4 Å². The second kappa shape index (κ2) is 13.7. The first-order chi connectivity index (χ1) is 20.2. The number of halogens is 1. The van der Waals surface area contributed by atoms with Gasteiger partial charge in [0.2, 0.25) is 5.91 Å². The van der Waals surface area contributed by atoms with Crippen LogP contribution in [0.25, 0.3) is 16.1 Å². The number of thiophene rings is 1. The predicted molar refractivity (Wildman–Crippen MR) is 173 cm³/mol. The van der Waals surface area contributed by atoms with Gasteiger partial charge in [-0.05, 0) is 61.0 Å².